The zero-order valence-electron chi connectivity index (χ0n) is 15.9. The number of unbranched alkanes of at least 4 members (excludes halogenated alkanes) is 1. The second-order valence-corrected chi connectivity index (χ2v) is 7.17. The van der Waals surface area contributed by atoms with Gasteiger partial charge < -0.3 is 10.1 Å². The smallest absolute Gasteiger partial charge is 0.336 e. The van der Waals surface area contributed by atoms with Crippen LogP contribution in [0.4, 0.5) is 0 Å². The molecule has 0 aromatic heterocycles. The molecule has 2 aliphatic rings. The monoisotopic (exact) mass is 353 g/mol. The topological polar surface area (TPSA) is 55.4 Å². The lowest BCUT2D eigenvalue weighted by Crippen LogP contribution is -2.34. The van der Waals surface area contributed by atoms with Crippen molar-refractivity contribution in [1.29, 1.82) is 0 Å². The number of carbonyl (C=O) groups is 2. The number of hydrogen-bond donors (Lipinski definition) is 1. The molecular weight excluding hydrogens is 326 g/mol. The number of ether oxygens (including phenoxy) is 1. The summed E-state index contributed by atoms with van der Waals surface area (Å²) in [6.45, 7) is 6.41. The highest BCUT2D eigenvalue weighted by Gasteiger charge is 2.38. The van der Waals surface area contributed by atoms with Gasteiger partial charge in [-0.2, -0.15) is 0 Å². The van der Waals surface area contributed by atoms with Gasteiger partial charge in [0.1, 0.15) is 0 Å². The number of nitrogens with one attached hydrogen (secondary N) is 1. The highest BCUT2D eigenvalue weighted by atomic mass is 16.5. The van der Waals surface area contributed by atoms with E-state index in [9.17, 15) is 9.59 Å². The van der Waals surface area contributed by atoms with Crippen molar-refractivity contribution in [3.63, 3.8) is 0 Å². The second-order valence-electron chi connectivity index (χ2n) is 7.17. The van der Waals surface area contributed by atoms with Crippen LogP contribution in [-0.2, 0) is 14.3 Å². The highest BCUT2D eigenvalue weighted by Crippen LogP contribution is 2.42. The lowest BCUT2D eigenvalue weighted by molar-refractivity contribution is -0.139. The molecule has 1 aromatic rings. The first kappa shape index (κ1) is 18.4. The molecule has 4 heteroatoms. The number of hydrogen-bond acceptors (Lipinski definition) is 4. The Balaban J connectivity index is 2.04. The molecular formula is C22H27NO3. The van der Waals surface area contributed by atoms with E-state index in [2.05, 4.69) is 12.2 Å². The van der Waals surface area contributed by atoms with Crippen LogP contribution >= 0.6 is 0 Å². The lowest BCUT2D eigenvalue weighted by Gasteiger charge is -2.34. The summed E-state index contributed by atoms with van der Waals surface area (Å²) >= 11 is 0. The number of carbonyl (C=O) groups excluding carboxylic acids is 2. The van der Waals surface area contributed by atoms with Gasteiger partial charge in [0, 0.05) is 29.3 Å². The van der Waals surface area contributed by atoms with Gasteiger partial charge in [-0.3, -0.25) is 4.79 Å². The summed E-state index contributed by atoms with van der Waals surface area (Å²) in [6, 6.07) is 8.09. The number of rotatable bonds is 5. The molecule has 4 nitrogen and oxygen atoms in total. The van der Waals surface area contributed by atoms with Crippen LogP contribution in [0.25, 0.3) is 0 Å². The van der Waals surface area contributed by atoms with E-state index >= 15 is 0 Å². The summed E-state index contributed by atoms with van der Waals surface area (Å²) in [7, 11) is 0. The summed E-state index contributed by atoms with van der Waals surface area (Å²) in [5.41, 5.74) is 5.20. The molecule has 3 rings (SSSR count). The number of Topliss-reactive ketones (excluding diaryl/α,β-unsaturated/α-hetero) is 1. The van der Waals surface area contributed by atoms with Gasteiger partial charge in [0.2, 0.25) is 0 Å². The SMILES string of the molecule is CCCCOC(=O)C1=C(C)NC2=C(C(=O)CCC2)C1c1ccc(C)cc1. The Morgan fingerprint density at radius 3 is 2.62 bits per heavy atom. The van der Waals surface area contributed by atoms with E-state index in [4.69, 9.17) is 4.74 Å². The van der Waals surface area contributed by atoms with Crippen molar-refractivity contribution in [1.82, 2.24) is 5.32 Å². The van der Waals surface area contributed by atoms with E-state index in [-0.39, 0.29) is 17.7 Å². The largest absolute Gasteiger partial charge is 0.462 e. The first-order valence-corrected chi connectivity index (χ1v) is 9.50. The van der Waals surface area contributed by atoms with Crippen LogP contribution in [-0.4, -0.2) is 18.4 Å². The molecule has 1 atom stereocenters. The van der Waals surface area contributed by atoms with Gasteiger partial charge in [0.15, 0.2) is 5.78 Å². The van der Waals surface area contributed by atoms with Gasteiger partial charge in [-0.1, -0.05) is 43.2 Å². The van der Waals surface area contributed by atoms with E-state index in [1.165, 1.54) is 0 Å². The summed E-state index contributed by atoms with van der Waals surface area (Å²) in [5.74, 6) is -0.525. The van der Waals surface area contributed by atoms with Gasteiger partial charge in [-0.05, 0) is 38.7 Å². The van der Waals surface area contributed by atoms with Crippen molar-refractivity contribution in [2.75, 3.05) is 6.61 Å². The van der Waals surface area contributed by atoms with Crippen molar-refractivity contribution in [2.24, 2.45) is 0 Å². The van der Waals surface area contributed by atoms with Crippen molar-refractivity contribution < 1.29 is 14.3 Å². The quantitative estimate of drug-likeness (QED) is 0.633. The number of ketones is 1. The van der Waals surface area contributed by atoms with Gasteiger partial charge in [0.05, 0.1) is 12.2 Å². The molecule has 1 aliphatic heterocycles. The molecule has 0 radical (unpaired) electrons. The number of aryl methyl sites for hydroxylation is 1. The fraction of sp³-hybridized carbons (Fsp3) is 0.455. The Labute approximate surface area is 155 Å². The van der Waals surface area contributed by atoms with Crippen LogP contribution < -0.4 is 5.32 Å². The highest BCUT2D eigenvalue weighted by molar-refractivity contribution is 6.03. The second kappa shape index (κ2) is 7.90. The van der Waals surface area contributed by atoms with Gasteiger partial charge in [0.25, 0.3) is 0 Å². The molecule has 1 aromatic carbocycles. The third kappa shape index (κ3) is 3.59. The Morgan fingerprint density at radius 1 is 1.19 bits per heavy atom. The summed E-state index contributed by atoms with van der Waals surface area (Å²) in [5, 5.41) is 3.32. The fourth-order valence-electron chi connectivity index (χ4n) is 3.73. The van der Waals surface area contributed by atoms with Crippen molar-refractivity contribution in [3.05, 3.63) is 57.9 Å². The number of dihydropyridines is 1. The van der Waals surface area contributed by atoms with Crippen molar-refractivity contribution in [2.45, 2.75) is 58.8 Å². The molecule has 1 aliphatic carbocycles. The van der Waals surface area contributed by atoms with Crippen LogP contribution in [0.15, 0.2) is 46.8 Å². The first-order valence-electron chi connectivity index (χ1n) is 9.50. The molecule has 0 bridgehead atoms. The molecule has 1 heterocycles. The van der Waals surface area contributed by atoms with Crippen molar-refractivity contribution >= 4 is 11.8 Å². The molecule has 26 heavy (non-hydrogen) atoms. The zero-order chi connectivity index (χ0) is 18.7. The minimum Gasteiger partial charge on any atom is -0.462 e. The zero-order valence-corrected chi connectivity index (χ0v) is 15.9. The van der Waals surface area contributed by atoms with Crippen LogP contribution in [0.5, 0.6) is 0 Å². The number of benzene rings is 1. The van der Waals surface area contributed by atoms with Crippen LogP contribution in [0.3, 0.4) is 0 Å². The minimum atomic E-state index is -0.339. The summed E-state index contributed by atoms with van der Waals surface area (Å²) < 4.78 is 5.51. The Hall–Kier alpha value is -2.36. The number of allylic oxidation sites excluding steroid dienone is 3. The molecule has 0 spiro atoms. The van der Waals surface area contributed by atoms with Crippen LogP contribution in [0.1, 0.15) is 63.0 Å². The van der Waals surface area contributed by atoms with Gasteiger partial charge in [-0.25, -0.2) is 4.79 Å². The maximum Gasteiger partial charge on any atom is 0.336 e. The average molecular weight is 353 g/mol. The Morgan fingerprint density at radius 2 is 1.92 bits per heavy atom. The third-order valence-electron chi connectivity index (χ3n) is 5.14. The lowest BCUT2D eigenvalue weighted by atomic mass is 9.75. The normalized spacial score (nSPS) is 20.0. The third-order valence-corrected chi connectivity index (χ3v) is 5.14. The maximum atomic E-state index is 12.9. The van der Waals surface area contributed by atoms with Crippen LogP contribution in [0.2, 0.25) is 0 Å². The Kier molecular flexibility index (Phi) is 5.60. The molecule has 1 unspecified atom stereocenters. The van der Waals surface area contributed by atoms with Gasteiger partial charge in [-0.15, -0.1) is 0 Å². The average Bonchev–Trinajstić information content (AvgIpc) is 2.61. The Bertz CT molecular complexity index is 771. The maximum absolute atomic E-state index is 12.9. The van der Waals surface area contributed by atoms with Crippen molar-refractivity contribution in [3.8, 4) is 0 Å². The van der Waals surface area contributed by atoms with Crippen LogP contribution in [0, 0.1) is 6.92 Å². The predicted molar refractivity (Wildman–Crippen MR) is 102 cm³/mol. The van der Waals surface area contributed by atoms with E-state index in [1.54, 1.807) is 0 Å². The number of esters is 1. The predicted octanol–water partition coefficient (Wildman–Crippen LogP) is 4.31. The standard InChI is InChI=1S/C22H27NO3/c1-4-5-13-26-22(25)19-15(3)23-17-7-6-8-18(24)21(17)20(19)16-11-9-14(2)10-12-16/h9-12,20,23H,4-8,13H2,1-3H3. The fourth-order valence-corrected chi connectivity index (χ4v) is 3.73. The first-order chi connectivity index (χ1) is 12.5. The summed E-state index contributed by atoms with van der Waals surface area (Å²) in [6.07, 6.45) is 4.06. The molecule has 0 saturated carbocycles. The molecule has 0 amide bonds. The minimum absolute atomic E-state index is 0.135. The molecule has 1 N–H and O–H groups in total. The van der Waals surface area contributed by atoms with E-state index in [1.807, 2.05) is 38.1 Å². The van der Waals surface area contributed by atoms with E-state index in [0.29, 0.717) is 18.6 Å². The van der Waals surface area contributed by atoms with E-state index in [0.717, 1.165) is 53.8 Å². The summed E-state index contributed by atoms with van der Waals surface area (Å²) in [4.78, 5) is 25.6. The molecule has 0 fully saturated rings. The van der Waals surface area contributed by atoms with Gasteiger partial charge >= 0.3 is 5.97 Å². The van der Waals surface area contributed by atoms with E-state index < -0.39 is 0 Å². The molecule has 0 saturated heterocycles. The molecule has 138 valence electrons.